The van der Waals surface area contributed by atoms with E-state index in [0.29, 0.717) is 25.3 Å². The van der Waals surface area contributed by atoms with E-state index in [1.54, 1.807) is 0 Å². The number of benzene rings is 1. The van der Waals surface area contributed by atoms with Crippen LogP contribution in [0.25, 0.3) is 21.5 Å². The van der Waals surface area contributed by atoms with Crippen molar-refractivity contribution in [3.8, 4) is 11.3 Å². The fourth-order valence-electron chi connectivity index (χ4n) is 2.00. The van der Waals surface area contributed by atoms with Gasteiger partial charge >= 0.3 is 5.97 Å². The molecule has 8 heteroatoms. The average Bonchev–Trinajstić information content (AvgIpc) is 2.83. The third kappa shape index (κ3) is 2.48. The maximum atomic E-state index is 13.4. The molecule has 0 bridgehead atoms. The Kier molecular flexibility index (Phi) is 3.88. The summed E-state index contributed by atoms with van der Waals surface area (Å²) in [5.74, 6) is -1.93. The van der Waals surface area contributed by atoms with Crippen LogP contribution in [0, 0.1) is 11.6 Å². The summed E-state index contributed by atoms with van der Waals surface area (Å²) in [6.07, 6.45) is 1.28. The minimum absolute atomic E-state index is 0.273. The third-order valence-electron chi connectivity index (χ3n) is 2.92. The summed E-state index contributed by atoms with van der Waals surface area (Å²) in [6.45, 7) is 0. The Balaban J connectivity index is 2.29. The fraction of sp³-hybridized carbons (Fsp3) is 0.0714. The van der Waals surface area contributed by atoms with Crippen molar-refractivity contribution >= 4 is 43.5 Å². The molecule has 22 heavy (non-hydrogen) atoms. The molecule has 0 aliphatic rings. The van der Waals surface area contributed by atoms with E-state index in [0.717, 1.165) is 17.4 Å². The normalized spacial score (nSPS) is 10.9. The molecule has 2 aromatic heterocycles. The largest absolute Gasteiger partial charge is 0.465 e. The number of halogens is 3. The molecule has 3 rings (SSSR count). The lowest BCUT2D eigenvalue weighted by molar-refractivity contribution is 0.0605. The second-order valence-corrected chi connectivity index (χ2v) is 6.11. The molecule has 0 aliphatic carbocycles. The van der Waals surface area contributed by atoms with E-state index in [2.05, 4.69) is 25.9 Å². The van der Waals surface area contributed by atoms with Gasteiger partial charge in [-0.15, -0.1) is 11.3 Å². The van der Waals surface area contributed by atoms with Gasteiger partial charge in [-0.3, -0.25) is 0 Å². The van der Waals surface area contributed by atoms with E-state index in [1.807, 2.05) is 0 Å². The molecular weight excluding hydrogens is 378 g/mol. The zero-order valence-electron chi connectivity index (χ0n) is 11.1. The van der Waals surface area contributed by atoms with Gasteiger partial charge in [0.05, 0.1) is 22.0 Å². The van der Waals surface area contributed by atoms with Crippen molar-refractivity contribution in [3.63, 3.8) is 0 Å². The SMILES string of the molecule is COC(=O)c1sc2c(-c3cc(F)cc(F)c3)ncnc2c1Br. The summed E-state index contributed by atoms with van der Waals surface area (Å²) in [7, 11) is 1.27. The standard InChI is InChI=1S/C14H7BrF2N2O2S/c1-21-14(20)12-9(15)11-13(22-12)10(18-5-19-11)6-2-7(16)4-8(17)3-6/h2-5H,1H3. The number of hydrogen-bond acceptors (Lipinski definition) is 5. The monoisotopic (exact) mass is 384 g/mol. The number of thiophene rings is 1. The molecule has 112 valence electrons. The van der Waals surface area contributed by atoms with Crippen LogP contribution in [0.2, 0.25) is 0 Å². The molecule has 0 saturated heterocycles. The van der Waals surface area contributed by atoms with Gasteiger partial charge in [0.1, 0.15) is 28.4 Å². The number of ether oxygens (including phenoxy) is 1. The van der Waals surface area contributed by atoms with Crippen molar-refractivity contribution in [2.75, 3.05) is 7.11 Å². The van der Waals surface area contributed by atoms with Crippen LogP contribution in [-0.4, -0.2) is 23.0 Å². The topological polar surface area (TPSA) is 52.1 Å². The Morgan fingerprint density at radius 1 is 1.23 bits per heavy atom. The van der Waals surface area contributed by atoms with Crippen molar-refractivity contribution in [3.05, 3.63) is 45.5 Å². The number of esters is 1. The molecular formula is C14H7BrF2N2O2S. The number of rotatable bonds is 2. The molecule has 0 N–H and O–H groups in total. The van der Waals surface area contributed by atoms with Crippen molar-refractivity contribution in [1.82, 2.24) is 9.97 Å². The molecule has 0 fully saturated rings. The van der Waals surface area contributed by atoms with Crippen LogP contribution in [0.4, 0.5) is 8.78 Å². The molecule has 0 unspecified atom stereocenters. The molecule has 0 spiro atoms. The van der Waals surface area contributed by atoms with Gasteiger partial charge in [0.15, 0.2) is 0 Å². The summed E-state index contributed by atoms with van der Waals surface area (Å²) in [6, 6.07) is 3.14. The quantitative estimate of drug-likeness (QED) is 0.621. The minimum Gasteiger partial charge on any atom is -0.465 e. The van der Waals surface area contributed by atoms with Crippen molar-refractivity contribution in [2.24, 2.45) is 0 Å². The van der Waals surface area contributed by atoms with Gasteiger partial charge in [-0.05, 0) is 28.1 Å². The van der Waals surface area contributed by atoms with Gasteiger partial charge in [-0.25, -0.2) is 23.5 Å². The molecule has 1 aromatic carbocycles. The highest BCUT2D eigenvalue weighted by Gasteiger charge is 2.21. The highest BCUT2D eigenvalue weighted by molar-refractivity contribution is 9.10. The highest BCUT2D eigenvalue weighted by Crippen LogP contribution is 2.39. The first-order valence-electron chi connectivity index (χ1n) is 5.99. The lowest BCUT2D eigenvalue weighted by Crippen LogP contribution is -1.98. The van der Waals surface area contributed by atoms with Gasteiger partial charge in [0.25, 0.3) is 0 Å². The van der Waals surface area contributed by atoms with Crippen LogP contribution in [-0.2, 0) is 4.74 Å². The number of hydrogen-bond donors (Lipinski definition) is 0. The molecule has 0 aliphatic heterocycles. The Hall–Kier alpha value is -1.93. The zero-order valence-corrected chi connectivity index (χ0v) is 13.5. The number of carbonyl (C=O) groups is 1. The lowest BCUT2D eigenvalue weighted by atomic mass is 10.1. The Labute approximate surface area is 135 Å². The Morgan fingerprint density at radius 3 is 2.55 bits per heavy atom. The second-order valence-electron chi connectivity index (χ2n) is 4.29. The first-order chi connectivity index (χ1) is 10.5. The Bertz CT molecular complexity index is 878. The summed E-state index contributed by atoms with van der Waals surface area (Å²) in [5.41, 5.74) is 1.11. The fourth-order valence-corrected chi connectivity index (χ4v) is 3.91. The number of aromatic nitrogens is 2. The maximum Gasteiger partial charge on any atom is 0.349 e. The van der Waals surface area contributed by atoms with Crippen LogP contribution in [0.15, 0.2) is 29.0 Å². The van der Waals surface area contributed by atoms with Gasteiger partial charge in [0, 0.05) is 11.6 Å². The van der Waals surface area contributed by atoms with Crippen LogP contribution in [0.5, 0.6) is 0 Å². The predicted octanol–water partition coefficient (Wildman–Crippen LogP) is 4.19. The van der Waals surface area contributed by atoms with Crippen molar-refractivity contribution in [2.45, 2.75) is 0 Å². The van der Waals surface area contributed by atoms with E-state index in [-0.39, 0.29) is 5.56 Å². The molecule has 0 saturated carbocycles. The van der Waals surface area contributed by atoms with Gasteiger partial charge in [-0.2, -0.15) is 0 Å². The number of methoxy groups -OCH3 is 1. The summed E-state index contributed by atoms with van der Waals surface area (Å²) in [5, 5.41) is 0. The first kappa shape index (κ1) is 15.0. The second kappa shape index (κ2) is 5.69. The number of fused-ring (bicyclic) bond motifs is 1. The summed E-state index contributed by atoms with van der Waals surface area (Å²) < 4.78 is 32.6. The van der Waals surface area contributed by atoms with Crippen LogP contribution in [0.1, 0.15) is 9.67 Å². The molecule has 0 amide bonds. The van der Waals surface area contributed by atoms with Crippen LogP contribution in [0.3, 0.4) is 0 Å². The molecule has 4 nitrogen and oxygen atoms in total. The van der Waals surface area contributed by atoms with Crippen molar-refractivity contribution < 1.29 is 18.3 Å². The first-order valence-corrected chi connectivity index (χ1v) is 7.60. The number of carbonyl (C=O) groups excluding carboxylic acids is 1. The van der Waals surface area contributed by atoms with Gasteiger partial charge in [-0.1, -0.05) is 0 Å². The molecule has 0 atom stereocenters. The smallest absolute Gasteiger partial charge is 0.349 e. The van der Waals surface area contributed by atoms with Crippen LogP contribution < -0.4 is 0 Å². The van der Waals surface area contributed by atoms with E-state index >= 15 is 0 Å². The van der Waals surface area contributed by atoms with E-state index in [4.69, 9.17) is 4.74 Å². The van der Waals surface area contributed by atoms with Gasteiger partial charge in [0.2, 0.25) is 0 Å². The van der Waals surface area contributed by atoms with E-state index in [1.165, 1.54) is 25.6 Å². The van der Waals surface area contributed by atoms with E-state index in [9.17, 15) is 13.6 Å². The molecule has 0 radical (unpaired) electrons. The predicted molar refractivity (Wildman–Crippen MR) is 81.8 cm³/mol. The average molecular weight is 385 g/mol. The molecule has 2 heterocycles. The Morgan fingerprint density at radius 2 is 1.91 bits per heavy atom. The number of nitrogens with zero attached hydrogens (tertiary/aromatic N) is 2. The summed E-state index contributed by atoms with van der Waals surface area (Å²) in [4.78, 5) is 20.3. The van der Waals surface area contributed by atoms with Crippen molar-refractivity contribution in [1.29, 1.82) is 0 Å². The summed E-state index contributed by atoms with van der Waals surface area (Å²) >= 11 is 4.40. The maximum absolute atomic E-state index is 13.4. The van der Waals surface area contributed by atoms with Crippen LogP contribution >= 0.6 is 27.3 Å². The van der Waals surface area contributed by atoms with E-state index < -0.39 is 17.6 Å². The van der Waals surface area contributed by atoms with Gasteiger partial charge < -0.3 is 4.74 Å². The molecule has 3 aromatic rings. The minimum atomic E-state index is -0.703. The third-order valence-corrected chi connectivity index (χ3v) is 5.12. The zero-order chi connectivity index (χ0) is 15.9. The lowest BCUT2D eigenvalue weighted by Gasteiger charge is -2.02. The highest BCUT2D eigenvalue weighted by atomic mass is 79.9.